The highest BCUT2D eigenvalue weighted by Crippen LogP contribution is 2.40. The molecule has 0 bridgehead atoms. The maximum atomic E-state index is 12.9. The molecule has 0 spiro atoms. The third kappa shape index (κ3) is 4.85. The van der Waals surface area contributed by atoms with E-state index in [0.29, 0.717) is 5.57 Å². The molecule has 1 saturated heterocycles. The molecule has 1 fully saturated rings. The molecule has 4 N–H and O–H groups in total. The second kappa shape index (κ2) is 10.3. The quantitative estimate of drug-likeness (QED) is 0.138. The Morgan fingerprint density at radius 2 is 2.11 bits per heavy atom. The highest BCUT2D eigenvalue weighted by Gasteiger charge is 2.53. The Balaban J connectivity index is 1.52. The number of hydrogen-bond donors (Lipinski definition) is 3. The number of carbonyl (C=O) groups is 4. The van der Waals surface area contributed by atoms with Crippen LogP contribution in [0.15, 0.2) is 41.0 Å². The Hall–Kier alpha value is -4.05. The Morgan fingerprint density at radius 1 is 1.39 bits per heavy atom. The molecular formula is C20H19N7O7S2. The van der Waals surface area contributed by atoms with E-state index in [-0.39, 0.29) is 46.8 Å². The average molecular weight is 534 g/mol. The Bertz CT molecular complexity index is 1290. The van der Waals surface area contributed by atoms with Crippen molar-refractivity contribution < 1.29 is 38.8 Å². The number of carbonyl (C=O) groups excluding carboxylic acids is 3. The predicted molar refractivity (Wildman–Crippen MR) is 123 cm³/mol. The molecule has 0 aromatic carbocycles. The van der Waals surface area contributed by atoms with E-state index in [1.807, 2.05) is 0 Å². The van der Waals surface area contributed by atoms with Crippen LogP contribution in [0.5, 0.6) is 0 Å². The van der Waals surface area contributed by atoms with Crippen LogP contribution in [0.4, 0.5) is 5.13 Å². The van der Waals surface area contributed by atoms with Gasteiger partial charge >= 0.3 is 5.97 Å². The fourth-order valence-corrected chi connectivity index (χ4v) is 5.34. The van der Waals surface area contributed by atoms with Gasteiger partial charge < -0.3 is 30.9 Å². The number of anilines is 1. The van der Waals surface area contributed by atoms with Gasteiger partial charge in [-0.25, -0.2) is 9.36 Å². The van der Waals surface area contributed by atoms with E-state index in [1.54, 1.807) is 11.5 Å². The number of thioether (sulfide) groups is 1. The summed E-state index contributed by atoms with van der Waals surface area (Å²) in [5.41, 5.74) is 5.53. The van der Waals surface area contributed by atoms with E-state index in [0.717, 1.165) is 16.4 Å². The Labute approximate surface area is 211 Å². The van der Waals surface area contributed by atoms with Crippen LogP contribution in [0.2, 0.25) is 0 Å². The van der Waals surface area contributed by atoms with Crippen molar-refractivity contribution in [3.63, 3.8) is 0 Å². The van der Waals surface area contributed by atoms with Gasteiger partial charge in [0.25, 0.3) is 11.8 Å². The molecule has 0 saturated carbocycles. The normalized spacial score (nSPS) is 19.4. The number of oxime groups is 1. The molecule has 2 aliphatic rings. The SMILES string of the molecule is CCON=C(C(=O)NC1C(=O)N2C(C(=O)[O-])=C(C[n+]3ccc(C(=O)O)cc3)CS[C@@H]12)c1nsc(N)n1. The van der Waals surface area contributed by atoms with Crippen LogP contribution < -0.4 is 20.7 Å². The fourth-order valence-electron chi connectivity index (χ4n) is 3.57. The molecule has 188 valence electrons. The number of amides is 2. The van der Waals surface area contributed by atoms with Crippen LogP contribution in [0.1, 0.15) is 23.1 Å². The molecule has 1 unspecified atom stereocenters. The first kappa shape index (κ1) is 25.1. The van der Waals surface area contributed by atoms with Gasteiger partial charge in [-0.3, -0.25) is 14.5 Å². The van der Waals surface area contributed by atoms with Crippen molar-refractivity contribution in [1.29, 1.82) is 0 Å². The predicted octanol–water partition coefficient (Wildman–Crippen LogP) is -2.05. The van der Waals surface area contributed by atoms with Gasteiger partial charge in [0.15, 0.2) is 24.1 Å². The number of β-lactam (4-membered cyclic amide) rings is 1. The number of nitrogens with zero attached hydrogens (tertiary/aromatic N) is 5. The molecule has 4 rings (SSSR count). The molecule has 14 nitrogen and oxygen atoms in total. The lowest BCUT2D eigenvalue weighted by molar-refractivity contribution is -0.689. The van der Waals surface area contributed by atoms with Crippen molar-refractivity contribution in [2.45, 2.75) is 24.9 Å². The van der Waals surface area contributed by atoms with Crippen LogP contribution in [-0.2, 0) is 25.8 Å². The third-order valence-electron chi connectivity index (χ3n) is 5.19. The summed E-state index contributed by atoms with van der Waals surface area (Å²) in [6.07, 6.45) is 3.00. The lowest BCUT2D eigenvalue weighted by Gasteiger charge is -2.50. The second-order valence-electron chi connectivity index (χ2n) is 7.48. The number of aliphatic carboxylic acids is 1. The number of aromatic nitrogens is 3. The monoisotopic (exact) mass is 533 g/mol. The van der Waals surface area contributed by atoms with Gasteiger partial charge in [-0.05, 0) is 6.92 Å². The molecule has 2 aliphatic heterocycles. The standard InChI is InChI=1S/C20H19N7O7S2/c1-2-34-24-11(14-23-20(21)36-25-14)15(28)22-12-16(29)27-13(19(32)33)10(8-35-17(12)27)7-26-5-3-9(4-6-26)18(30)31/h3-6,12,17H,2,7-8H2,1H3,(H4-,21,22,23,25,28,30,31,32,33)/t12?,17-/m0/s1. The molecule has 16 heteroatoms. The first-order valence-electron chi connectivity index (χ1n) is 10.4. The molecule has 2 aromatic heterocycles. The first-order valence-corrected chi connectivity index (χ1v) is 12.2. The van der Waals surface area contributed by atoms with Crippen molar-refractivity contribution in [3.05, 3.63) is 47.2 Å². The minimum absolute atomic E-state index is 0.0630. The lowest BCUT2D eigenvalue weighted by Crippen LogP contribution is -2.71. The van der Waals surface area contributed by atoms with E-state index >= 15 is 0 Å². The summed E-state index contributed by atoms with van der Waals surface area (Å²) < 4.78 is 5.54. The summed E-state index contributed by atoms with van der Waals surface area (Å²) in [7, 11) is 0. The Morgan fingerprint density at radius 3 is 2.69 bits per heavy atom. The van der Waals surface area contributed by atoms with Crippen molar-refractivity contribution in [1.82, 2.24) is 19.6 Å². The van der Waals surface area contributed by atoms with Crippen molar-refractivity contribution in [2.75, 3.05) is 18.1 Å². The van der Waals surface area contributed by atoms with Gasteiger partial charge in [-0.15, -0.1) is 11.8 Å². The third-order valence-corrected chi connectivity index (χ3v) is 7.07. The number of hydrogen-bond acceptors (Lipinski definition) is 12. The number of nitrogens with two attached hydrogens (primary N) is 1. The number of carboxylic acids is 2. The van der Waals surface area contributed by atoms with Crippen LogP contribution in [-0.4, -0.2) is 72.6 Å². The second-order valence-corrected chi connectivity index (χ2v) is 9.37. The zero-order valence-corrected chi connectivity index (χ0v) is 20.2. The van der Waals surface area contributed by atoms with Crippen LogP contribution in [0, 0.1) is 0 Å². The van der Waals surface area contributed by atoms with Gasteiger partial charge in [0.2, 0.25) is 11.5 Å². The number of aromatic carboxylic acids is 1. The van der Waals surface area contributed by atoms with Crippen molar-refractivity contribution in [2.24, 2.45) is 5.16 Å². The zero-order chi connectivity index (χ0) is 26.0. The number of rotatable bonds is 9. The minimum Gasteiger partial charge on any atom is -0.543 e. The van der Waals surface area contributed by atoms with Gasteiger partial charge in [-0.2, -0.15) is 9.36 Å². The zero-order valence-electron chi connectivity index (χ0n) is 18.6. The van der Waals surface area contributed by atoms with E-state index in [1.165, 1.54) is 36.3 Å². The highest BCUT2D eigenvalue weighted by atomic mass is 32.2. The number of carboxylic acid groups (broad SMARTS) is 2. The number of fused-ring (bicyclic) bond motifs is 1. The van der Waals surface area contributed by atoms with E-state index in [4.69, 9.17) is 15.7 Å². The summed E-state index contributed by atoms with van der Waals surface area (Å²) in [6, 6.07) is 1.74. The number of nitrogens with one attached hydrogen (secondary N) is 1. The van der Waals surface area contributed by atoms with Crippen LogP contribution >= 0.6 is 23.3 Å². The highest BCUT2D eigenvalue weighted by molar-refractivity contribution is 8.00. The summed E-state index contributed by atoms with van der Waals surface area (Å²) in [4.78, 5) is 58.8. The van der Waals surface area contributed by atoms with Gasteiger partial charge in [-0.1, -0.05) is 5.16 Å². The maximum Gasteiger partial charge on any atom is 0.336 e. The average Bonchev–Trinajstić information content (AvgIpc) is 3.28. The largest absolute Gasteiger partial charge is 0.543 e. The van der Waals surface area contributed by atoms with Crippen molar-refractivity contribution in [3.8, 4) is 0 Å². The minimum atomic E-state index is -1.53. The summed E-state index contributed by atoms with van der Waals surface area (Å²) >= 11 is 2.13. The maximum absolute atomic E-state index is 12.9. The topological polar surface area (TPSA) is 204 Å². The molecule has 4 heterocycles. The molecular weight excluding hydrogens is 514 g/mol. The molecule has 0 aliphatic carbocycles. The molecule has 2 atom stereocenters. The summed E-state index contributed by atoms with van der Waals surface area (Å²) in [5.74, 6) is -3.86. The summed E-state index contributed by atoms with van der Waals surface area (Å²) in [5, 5.41) is 26.7. The van der Waals surface area contributed by atoms with E-state index in [9.17, 15) is 24.3 Å². The smallest absolute Gasteiger partial charge is 0.336 e. The van der Waals surface area contributed by atoms with Gasteiger partial charge in [0.1, 0.15) is 18.0 Å². The van der Waals surface area contributed by atoms with Crippen molar-refractivity contribution >= 4 is 57.9 Å². The van der Waals surface area contributed by atoms with E-state index in [2.05, 4.69) is 19.8 Å². The number of nitrogen functional groups attached to an aromatic ring is 1. The molecule has 2 amide bonds. The molecule has 0 radical (unpaired) electrons. The van der Waals surface area contributed by atoms with Crippen LogP contribution in [0.3, 0.4) is 0 Å². The molecule has 2 aromatic rings. The first-order chi connectivity index (χ1) is 17.2. The van der Waals surface area contributed by atoms with Crippen LogP contribution in [0.25, 0.3) is 0 Å². The molecule has 36 heavy (non-hydrogen) atoms. The van der Waals surface area contributed by atoms with Gasteiger partial charge in [0.05, 0.1) is 17.2 Å². The lowest BCUT2D eigenvalue weighted by atomic mass is 10.0. The number of pyridine rings is 1. The fraction of sp³-hybridized carbons (Fsp3) is 0.300. The summed E-state index contributed by atoms with van der Waals surface area (Å²) in [6.45, 7) is 1.94. The van der Waals surface area contributed by atoms with E-state index < -0.39 is 35.2 Å². The van der Waals surface area contributed by atoms with Gasteiger partial charge in [0, 0.05) is 35.0 Å². The Kier molecular flexibility index (Phi) is 7.16.